The topological polar surface area (TPSA) is 41.1 Å². The lowest BCUT2D eigenvalue weighted by molar-refractivity contribution is -0.118. The molecule has 1 aliphatic rings. The first kappa shape index (κ1) is 12.9. The van der Waals surface area contributed by atoms with Crippen molar-refractivity contribution in [3.05, 3.63) is 24.3 Å². The van der Waals surface area contributed by atoms with Gasteiger partial charge in [-0.1, -0.05) is 26.8 Å². The molecule has 2 N–H and O–H groups in total. The molecule has 0 radical (unpaired) electrons. The molecule has 1 aromatic carbocycles. The van der Waals surface area contributed by atoms with Crippen LogP contribution in [0.4, 0.5) is 11.4 Å². The average Bonchev–Trinajstić information content (AvgIpc) is 2.27. The Morgan fingerprint density at radius 2 is 1.94 bits per heavy atom. The van der Waals surface area contributed by atoms with Gasteiger partial charge in [0.2, 0.25) is 5.91 Å². The van der Waals surface area contributed by atoms with Crippen LogP contribution >= 0.6 is 0 Å². The number of rotatable bonds is 4. The number of anilines is 2. The molecule has 98 valence electrons. The Morgan fingerprint density at radius 3 is 2.56 bits per heavy atom. The quantitative estimate of drug-likeness (QED) is 0.853. The van der Waals surface area contributed by atoms with Crippen LogP contribution in [-0.4, -0.2) is 11.9 Å². The molecule has 0 atom stereocenters. The van der Waals surface area contributed by atoms with Gasteiger partial charge in [0.05, 0.1) is 0 Å². The summed E-state index contributed by atoms with van der Waals surface area (Å²) in [6, 6.07) is 8.54. The lowest BCUT2D eigenvalue weighted by atomic mass is 9.82. The van der Waals surface area contributed by atoms with Crippen LogP contribution in [0.15, 0.2) is 24.3 Å². The molecule has 1 aromatic rings. The number of hydrogen-bond acceptors (Lipinski definition) is 2. The maximum atomic E-state index is 11.6. The van der Waals surface area contributed by atoms with Gasteiger partial charge in [-0.2, -0.15) is 0 Å². The first-order chi connectivity index (χ1) is 8.54. The van der Waals surface area contributed by atoms with E-state index in [1.807, 2.05) is 38.1 Å². The molecule has 0 unspecified atom stereocenters. The zero-order chi connectivity index (χ0) is 13.1. The van der Waals surface area contributed by atoms with Crippen molar-refractivity contribution in [2.24, 2.45) is 11.8 Å². The van der Waals surface area contributed by atoms with Crippen molar-refractivity contribution >= 4 is 17.3 Å². The van der Waals surface area contributed by atoms with Crippen molar-refractivity contribution in [2.75, 3.05) is 10.6 Å². The fourth-order valence-corrected chi connectivity index (χ4v) is 2.23. The van der Waals surface area contributed by atoms with E-state index in [4.69, 9.17) is 0 Å². The van der Waals surface area contributed by atoms with Crippen molar-refractivity contribution in [2.45, 2.75) is 39.7 Å². The normalized spacial score (nSPS) is 22.4. The molecule has 0 saturated heterocycles. The number of benzene rings is 1. The summed E-state index contributed by atoms with van der Waals surface area (Å²) in [5.41, 5.74) is 1.96. The molecule has 2 rings (SSSR count). The predicted octanol–water partition coefficient (Wildman–Crippen LogP) is 3.49. The maximum absolute atomic E-state index is 11.6. The fraction of sp³-hybridized carbons (Fsp3) is 0.533. The van der Waals surface area contributed by atoms with Crippen LogP contribution < -0.4 is 10.6 Å². The Balaban J connectivity index is 1.94. The summed E-state index contributed by atoms with van der Waals surface area (Å²) in [5.74, 6) is 0.907. The maximum Gasteiger partial charge on any atom is 0.226 e. The molecule has 0 bridgehead atoms. The van der Waals surface area contributed by atoms with Crippen LogP contribution in [0.2, 0.25) is 0 Å². The summed E-state index contributed by atoms with van der Waals surface area (Å²) < 4.78 is 0. The first-order valence-corrected chi connectivity index (χ1v) is 6.72. The summed E-state index contributed by atoms with van der Waals surface area (Å²) in [4.78, 5) is 11.6. The molecule has 1 aliphatic carbocycles. The van der Waals surface area contributed by atoms with Crippen LogP contribution in [0.3, 0.4) is 0 Å². The lowest BCUT2D eigenvalue weighted by Crippen LogP contribution is -2.33. The fourth-order valence-electron chi connectivity index (χ4n) is 2.23. The Kier molecular flexibility index (Phi) is 3.90. The van der Waals surface area contributed by atoms with Crippen LogP contribution in [-0.2, 0) is 4.79 Å². The highest BCUT2D eigenvalue weighted by Crippen LogP contribution is 2.30. The zero-order valence-electron chi connectivity index (χ0n) is 11.4. The smallest absolute Gasteiger partial charge is 0.226 e. The minimum absolute atomic E-state index is 0.00842. The molecule has 1 fully saturated rings. The van der Waals surface area contributed by atoms with E-state index >= 15 is 0 Å². The van der Waals surface area contributed by atoms with Crippen molar-refractivity contribution in [3.63, 3.8) is 0 Å². The standard InChI is InChI=1S/C15H22N2O/c1-10(2)15(18)17-13-6-4-5-12(9-13)16-14-7-11(3)8-14/h4-6,9-11,14,16H,7-8H2,1-3H3,(H,17,18). The summed E-state index contributed by atoms with van der Waals surface area (Å²) >= 11 is 0. The molecular formula is C15H22N2O. The van der Waals surface area contributed by atoms with E-state index < -0.39 is 0 Å². The molecule has 0 heterocycles. The number of carbonyl (C=O) groups excluding carboxylic acids is 1. The van der Waals surface area contributed by atoms with Crippen LogP contribution in [0.1, 0.15) is 33.6 Å². The minimum atomic E-state index is 0.00842. The highest BCUT2D eigenvalue weighted by Gasteiger charge is 2.24. The Morgan fingerprint density at radius 1 is 1.28 bits per heavy atom. The van der Waals surface area contributed by atoms with E-state index in [1.54, 1.807) is 0 Å². The van der Waals surface area contributed by atoms with Crippen molar-refractivity contribution in [3.8, 4) is 0 Å². The number of carbonyl (C=O) groups is 1. The van der Waals surface area contributed by atoms with E-state index in [-0.39, 0.29) is 11.8 Å². The van der Waals surface area contributed by atoms with Gasteiger partial charge in [0.1, 0.15) is 0 Å². The van der Waals surface area contributed by atoms with E-state index in [1.165, 1.54) is 12.8 Å². The monoisotopic (exact) mass is 246 g/mol. The molecule has 0 aliphatic heterocycles. The average molecular weight is 246 g/mol. The second-order valence-corrected chi connectivity index (χ2v) is 5.64. The van der Waals surface area contributed by atoms with Crippen molar-refractivity contribution < 1.29 is 4.79 Å². The summed E-state index contributed by atoms with van der Waals surface area (Å²) in [7, 11) is 0. The van der Waals surface area contributed by atoms with Crippen LogP contribution in [0.25, 0.3) is 0 Å². The van der Waals surface area contributed by atoms with E-state index in [0.717, 1.165) is 17.3 Å². The van der Waals surface area contributed by atoms with Gasteiger partial charge in [0.15, 0.2) is 0 Å². The highest BCUT2D eigenvalue weighted by molar-refractivity contribution is 5.92. The lowest BCUT2D eigenvalue weighted by Gasteiger charge is -2.34. The predicted molar refractivity (Wildman–Crippen MR) is 75.7 cm³/mol. The molecular weight excluding hydrogens is 224 g/mol. The molecule has 3 nitrogen and oxygen atoms in total. The number of amides is 1. The third kappa shape index (κ3) is 3.25. The van der Waals surface area contributed by atoms with Gasteiger partial charge in [-0.25, -0.2) is 0 Å². The Labute approximate surface area is 109 Å². The van der Waals surface area contributed by atoms with E-state index in [2.05, 4.69) is 17.6 Å². The molecule has 1 saturated carbocycles. The van der Waals surface area contributed by atoms with Crippen molar-refractivity contribution in [1.82, 2.24) is 0 Å². The van der Waals surface area contributed by atoms with Gasteiger partial charge >= 0.3 is 0 Å². The number of nitrogens with one attached hydrogen (secondary N) is 2. The highest BCUT2D eigenvalue weighted by atomic mass is 16.1. The summed E-state index contributed by atoms with van der Waals surface area (Å²) in [5, 5.41) is 6.42. The molecule has 1 amide bonds. The summed E-state index contributed by atoms with van der Waals surface area (Å²) in [6.45, 7) is 6.07. The molecule has 3 heteroatoms. The van der Waals surface area contributed by atoms with Crippen LogP contribution in [0, 0.1) is 11.8 Å². The second-order valence-electron chi connectivity index (χ2n) is 5.64. The van der Waals surface area contributed by atoms with E-state index in [9.17, 15) is 4.79 Å². The van der Waals surface area contributed by atoms with Crippen LogP contribution in [0.5, 0.6) is 0 Å². The largest absolute Gasteiger partial charge is 0.382 e. The van der Waals surface area contributed by atoms with Gasteiger partial charge in [0.25, 0.3) is 0 Å². The molecule has 0 spiro atoms. The number of hydrogen-bond donors (Lipinski definition) is 2. The zero-order valence-corrected chi connectivity index (χ0v) is 11.4. The summed E-state index contributed by atoms with van der Waals surface area (Å²) in [6.07, 6.45) is 2.48. The van der Waals surface area contributed by atoms with Gasteiger partial charge < -0.3 is 10.6 Å². The van der Waals surface area contributed by atoms with Gasteiger partial charge in [-0.3, -0.25) is 4.79 Å². The first-order valence-electron chi connectivity index (χ1n) is 6.72. The van der Waals surface area contributed by atoms with E-state index in [0.29, 0.717) is 6.04 Å². The molecule has 0 aromatic heterocycles. The minimum Gasteiger partial charge on any atom is -0.382 e. The third-order valence-electron chi connectivity index (χ3n) is 3.40. The van der Waals surface area contributed by atoms with Gasteiger partial charge in [0, 0.05) is 23.3 Å². The molecule has 18 heavy (non-hydrogen) atoms. The van der Waals surface area contributed by atoms with Gasteiger partial charge in [-0.05, 0) is 37.0 Å². The Bertz CT molecular complexity index is 422. The SMILES string of the molecule is CC1CC(Nc2cccc(NC(=O)C(C)C)c2)C1. The Hall–Kier alpha value is -1.51. The van der Waals surface area contributed by atoms with Crippen molar-refractivity contribution in [1.29, 1.82) is 0 Å². The van der Waals surface area contributed by atoms with Gasteiger partial charge in [-0.15, -0.1) is 0 Å². The third-order valence-corrected chi connectivity index (χ3v) is 3.40. The second kappa shape index (κ2) is 5.42.